The number of halogens is 1. The van der Waals surface area contributed by atoms with Crippen molar-refractivity contribution in [2.24, 2.45) is 5.92 Å². The largest absolute Gasteiger partial charge is 0.381 e. The van der Waals surface area contributed by atoms with Gasteiger partial charge in [0, 0.05) is 44.9 Å². The van der Waals surface area contributed by atoms with Gasteiger partial charge in [0.1, 0.15) is 5.82 Å². The summed E-state index contributed by atoms with van der Waals surface area (Å²) in [6.07, 6.45) is 3.85. The van der Waals surface area contributed by atoms with Crippen LogP contribution in [0.4, 0.5) is 4.39 Å². The first-order valence-corrected chi connectivity index (χ1v) is 10.6. The van der Waals surface area contributed by atoms with Crippen LogP contribution in [-0.2, 0) is 16.1 Å². The zero-order valence-corrected chi connectivity index (χ0v) is 17.1. The maximum Gasteiger partial charge on any atom is 0.237 e. The number of carbonyl (C=O) groups is 1. The summed E-state index contributed by atoms with van der Waals surface area (Å²) in [5, 5.41) is 6.83. The molecule has 28 heavy (non-hydrogen) atoms. The van der Waals surface area contributed by atoms with Gasteiger partial charge >= 0.3 is 0 Å². The number of benzene rings is 1. The van der Waals surface area contributed by atoms with E-state index in [1.807, 2.05) is 12.1 Å². The number of piperidine rings is 1. The second-order valence-electron chi connectivity index (χ2n) is 8.46. The second kappa shape index (κ2) is 10.3. The zero-order chi connectivity index (χ0) is 19.9. The highest BCUT2D eigenvalue weighted by Crippen LogP contribution is 2.16. The topological polar surface area (TPSA) is 53.6 Å². The van der Waals surface area contributed by atoms with Gasteiger partial charge in [0.25, 0.3) is 0 Å². The van der Waals surface area contributed by atoms with E-state index in [-0.39, 0.29) is 29.7 Å². The molecule has 1 unspecified atom stereocenters. The Bertz CT molecular complexity index is 609. The quantitative estimate of drug-likeness (QED) is 0.750. The molecule has 5 nitrogen and oxygen atoms in total. The predicted molar refractivity (Wildman–Crippen MR) is 108 cm³/mol. The van der Waals surface area contributed by atoms with Crippen LogP contribution < -0.4 is 10.6 Å². The summed E-state index contributed by atoms with van der Waals surface area (Å²) in [7, 11) is 0. The fourth-order valence-corrected chi connectivity index (χ4v) is 4.06. The van der Waals surface area contributed by atoms with Gasteiger partial charge in [-0.1, -0.05) is 26.0 Å². The molecule has 1 aromatic carbocycles. The van der Waals surface area contributed by atoms with E-state index in [2.05, 4.69) is 29.4 Å². The molecule has 3 rings (SSSR count). The molecule has 1 amide bonds. The Kier molecular flexibility index (Phi) is 7.82. The Morgan fingerprint density at radius 2 is 1.75 bits per heavy atom. The highest BCUT2D eigenvalue weighted by Gasteiger charge is 2.29. The number of hydrogen-bond acceptors (Lipinski definition) is 4. The first kappa shape index (κ1) is 21.2. The number of amides is 1. The van der Waals surface area contributed by atoms with Gasteiger partial charge < -0.3 is 15.4 Å². The molecule has 2 saturated heterocycles. The van der Waals surface area contributed by atoms with Crippen LogP contribution in [0.15, 0.2) is 24.3 Å². The SMILES string of the molecule is CC(C)C(NC1CCOCC1)C(=O)NC1CCN(Cc2ccc(F)cc2)CC1. The zero-order valence-electron chi connectivity index (χ0n) is 17.1. The summed E-state index contributed by atoms with van der Waals surface area (Å²) >= 11 is 0. The maximum atomic E-state index is 13.0. The Hall–Kier alpha value is -1.50. The Balaban J connectivity index is 1.44. The molecule has 0 saturated carbocycles. The molecule has 1 aromatic rings. The third-order valence-electron chi connectivity index (χ3n) is 5.84. The highest BCUT2D eigenvalue weighted by atomic mass is 19.1. The van der Waals surface area contributed by atoms with E-state index >= 15 is 0 Å². The fourth-order valence-electron chi connectivity index (χ4n) is 4.06. The average molecular weight is 392 g/mol. The highest BCUT2D eigenvalue weighted by molar-refractivity contribution is 5.82. The van der Waals surface area contributed by atoms with Gasteiger partial charge in [0.2, 0.25) is 5.91 Å². The van der Waals surface area contributed by atoms with Crippen LogP contribution in [0.2, 0.25) is 0 Å². The number of carbonyl (C=O) groups excluding carboxylic acids is 1. The Labute approximate surface area is 168 Å². The standard InChI is InChI=1S/C22H34FN3O2/c1-16(2)21(24-20-9-13-28-14-10-20)22(27)25-19-7-11-26(12-8-19)15-17-3-5-18(23)6-4-17/h3-6,16,19-21,24H,7-15H2,1-2H3,(H,25,27). The van der Waals surface area contributed by atoms with Gasteiger partial charge in [-0.3, -0.25) is 9.69 Å². The molecule has 0 bridgehead atoms. The van der Waals surface area contributed by atoms with Gasteiger partial charge in [-0.05, 0) is 49.3 Å². The van der Waals surface area contributed by atoms with E-state index in [9.17, 15) is 9.18 Å². The number of likely N-dealkylation sites (tertiary alicyclic amines) is 1. The molecule has 2 fully saturated rings. The van der Waals surface area contributed by atoms with Crippen LogP contribution in [0.3, 0.4) is 0 Å². The summed E-state index contributed by atoms with van der Waals surface area (Å²) in [4.78, 5) is 15.2. The summed E-state index contributed by atoms with van der Waals surface area (Å²) < 4.78 is 18.5. The van der Waals surface area contributed by atoms with Crippen molar-refractivity contribution in [1.29, 1.82) is 0 Å². The van der Waals surface area contributed by atoms with E-state index in [4.69, 9.17) is 4.74 Å². The van der Waals surface area contributed by atoms with Gasteiger partial charge in [0.15, 0.2) is 0 Å². The lowest BCUT2D eigenvalue weighted by atomic mass is 9.98. The smallest absolute Gasteiger partial charge is 0.237 e. The first-order valence-electron chi connectivity index (χ1n) is 10.6. The van der Waals surface area contributed by atoms with Crippen LogP contribution in [0, 0.1) is 11.7 Å². The molecule has 0 aromatic heterocycles. The molecule has 0 spiro atoms. The van der Waals surface area contributed by atoms with Crippen molar-refractivity contribution < 1.29 is 13.9 Å². The van der Waals surface area contributed by atoms with Crippen LogP contribution in [0.25, 0.3) is 0 Å². The molecular weight excluding hydrogens is 357 g/mol. The molecule has 6 heteroatoms. The lowest BCUT2D eigenvalue weighted by Gasteiger charge is -2.35. The molecule has 2 heterocycles. The summed E-state index contributed by atoms with van der Waals surface area (Å²) in [6, 6.07) is 7.16. The minimum atomic E-state index is -0.195. The number of rotatable bonds is 7. The van der Waals surface area contributed by atoms with E-state index in [1.54, 1.807) is 0 Å². The van der Waals surface area contributed by atoms with E-state index < -0.39 is 0 Å². The van der Waals surface area contributed by atoms with Crippen molar-refractivity contribution in [2.45, 2.75) is 64.2 Å². The average Bonchev–Trinajstić information content (AvgIpc) is 2.70. The van der Waals surface area contributed by atoms with Gasteiger partial charge in [-0.25, -0.2) is 4.39 Å². The second-order valence-corrected chi connectivity index (χ2v) is 8.46. The Morgan fingerprint density at radius 3 is 2.36 bits per heavy atom. The van der Waals surface area contributed by atoms with Crippen molar-refractivity contribution in [3.63, 3.8) is 0 Å². The van der Waals surface area contributed by atoms with Crippen LogP contribution in [-0.4, -0.2) is 55.2 Å². The van der Waals surface area contributed by atoms with E-state index in [1.165, 1.54) is 12.1 Å². The van der Waals surface area contributed by atoms with E-state index in [0.29, 0.717) is 6.04 Å². The maximum absolute atomic E-state index is 13.0. The Morgan fingerprint density at radius 1 is 1.11 bits per heavy atom. The molecule has 0 radical (unpaired) electrons. The molecule has 2 aliphatic heterocycles. The van der Waals surface area contributed by atoms with Gasteiger partial charge in [0.05, 0.1) is 6.04 Å². The minimum absolute atomic E-state index is 0.124. The molecular formula is C22H34FN3O2. The lowest BCUT2D eigenvalue weighted by Crippen LogP contribution is -2.55. The lowest BCUT2D eigenvalue weighted by molar-refractivity contribution is -0.125. The number of nitrogens with one attached hydrogen (secondary N) is 2. The van der Waals surface area contributed by atoms with Crippen molar-refractivity contribution in [2.75, 3.05) is 26.3 Å². The monoisotopic (exact) mass is 391 g/mol. The van der Waals surface area contributed by atoms with E-state index in [0.717, 1.165) is 64.1 Å². The third-order valence-corrected chi connectivity index (χ3v) is 5.84. The molecule has 2 aliphatic rings. The molecule has 1 atom stereocenters. The molecule has 2 N–H and O–H groups in total. The number of nitrogens with zero attached hydrogens (tertiary/aromatic N) is 1. The summed E-state index contributed by atoms with van der Waals surface area (Å²) in [5.74, 6) is 0.180. The minimum Gasteiger partial charge on any atom is -0.381 e. The summed E-state index contributed by atoms with van der Waals surface area (Å²) in [6.45, 7) is 8.47. The molecule has 0 aliphatic carbocycles. The van der Waals surface area contributed by atoms with Gasteiger partial charge in [-0.2, -0.15) is 0 Å². The fraction of sp³-hybridized carbons (Fsp3) is 0.682. The van der Waals surface area contributed by atoms with Crippen LogP contribution >= 0.6 is 0 Å². The molecule has 156 valence electrons. The predicted octanol–water partition coefficient (Wildman–Crippen LogP) is 2.70. The van der Waals surface area contributed by atoms with Gasteiger partial charge in [-0.15, -0.1) is 0 Å². The number of ether oxygens (including phenoxy) is 1. The number of hydrogen-bond donors (Lipinski definition) is 2. The van der Waals surface area contributed by atoms with Crippen molar-refractivity contribution in [3.8, 4) is 0 Å². The van der Waals surface area contributed by atoms with Crippen molar-refractivity contribution in [3.05, 3.63) is 35.6 Å². The van der Waals surface area contributed by atoms with Crippen molar-refractivity contribution >= 4 is 5.91 Å². The summed E-state index contributed by atoms with van der Waals surface area (Å²) in [5.41, 5.74) is 1.13. The first-order chi connectivity index (χ1) is 13.5. The third kappa shape index (κ3) is 6.26. The normalized spacial score (nSPS) is 21.0. The van der Waals surface area contributed by atoms with Crippen molar-refractivity contribution in [1.82, 2.24) is 15.5 Å². The van der Waals surface area contributed by atoms with Crippen LogP contribution in [0.1, 0.15) is 45.1 Å². The van der Waals surface area contributed by atoms with Crippen LogP contribution in [0.5, 0.6) is 0 Å².